The highest BCUT2D eigenvalue weighted by molar-refractivity contribution is 5.76. The summed E-state index contributed by atoms with van der Waals surface area (Å²) in [6.07, 6.45) is 19.5. The van der Waals surface area contributed by atoms with Gasteiger partial charge in [-0.05, 0) is 12.8 Å². The van der Waals surface area contributed by atoms with Gasteiger partial charge in [0.1, 0.15) is 24.4 Å². The molecule has 0 saturated heterocycles. The Labute approximate surface area is 240 Å². The van der Waals surface area contributed by atoms with Crippen LogP contribution in [0.4, 0.5) is 0 Å². The minimum absolute atomic E-state index is 0.0368. The summed E-state index contributed by atoms with van der Waals surface area (Å²) in [4.78, 5) is 14.6. The number of hydrogen-bond donors (Lipinski definition) is 5. The molecule has 0 aliphatic heterocycles. The molecule has 0 aromatic carbocycles. The van der Waals surface area contributed by atoms with E-state index in [9.17, 15) is 25.2 Å². The predicted octanol–water partition coefficient (Wildman–Crippen LogP) is 5.87. The molecular weight excluding hydrogens is 494 g/mol. The summed E-state index contributed by atoms with van der Waals surface area (Å²) < 4.78 is 0. The van der Waals surface area contributed by atoms with E-state index in [4.69, 9.17) is 5.11 Å². The summed E-state index contributed by atoms with van der Waals surface area (Å²) in [5.41, 5.74) is 0. The molecule has 7 nitrogen and oxygen atoms in total. The fraction of sp³-hybridized carbons (Fsp3) is 0.969. The van der Waals surface area contributed by atoms with E-state index in [0.29, 0.717) is 13.0 Å². The number of carbonyl (C=O) groups is 1. The van der Waals surface area contributed by atoms with Crippen LogP contribution in [0.3, 0.4) is 0 Å². The van der Waals surface area contributed by atoms with Gasteiger partial charge in [-0.1, -0.05) is 136 Å². The fourth-order valence-corrected chi connectivity index (χ4v) is 5.10. The maximum absolute atomic E-state index is 13.0. The van der Waals surface area contributed by atoms with Gasteiger partial charge in [-0.25, -0.2) is 0 Å². The van der Waals surface area contributed by atoms with Crippen LogP contribution in [0.25, 0.3) is 0 Å². The van der Waals surface area contributed by atoms with Crippen molar-refractivity contribution in [3.63, 3.8) is 0 Å². The molecule has 0 aromatic heterocycles. The standard InChI is InChI=1S/C32H65NO6/c1-3-5-7-9-11-13-15-16-18-20-22-24-30(37)33(26-28(35)31(38)32(39)29(36)27-34)25-23-21-19-17-14-12-10-8-6-4-2/h28-29,31-32,34-36,38-39H,3-27H2,1-2H3/t28-,29+,31+,32+/m0/s1. The second kappa shape index (κ2) is 27.4. The predicted molar refractivity (Wildman–Crippen MR) is 161 cm³/mol. The molecule has 7 heteroatoms. The largest absolute Gasteiger partial charge is 0.394 e. The quantitative estimate of drug-likeness (QED) is 0.0731. The van der Waals surface area contributed by atoms with E-state index in [1.807, 2.05) is 0 Å². The van der Waals surface area contributed by atoms with E-state index in [0.717, 1.165) is 38.5 Å². The number of amides is 1. The van der Waals surface area contributed by atoms with Crippen LogP contribution in [-0.2, 0) is 4.79 Å². The Morgan fingerprint density at radius 2 is 0.897 bits per heavy atom. The first-order chi connectivity index (χ1) is 18.9. The van der Waals surface area contributed by atoms with Crippen LogP contribution in [0.1, 0.15) is 155 Å². The van der Waals surface area contributed by atoms with Gasteiger partial charge < -0.3 is 30.4 Å². The van der Waals surface area contributed by atoms with Crippen molar-refractivity contribution < 1.29 is 30.3 Å². The van der Waals surface area contributed by atoms with Gasteiger partial charge in [0.2, 0.25) is 5.91 Å². The van der Waals surface area contributed by atoms with E-state index in [1.165, 1.54) is 96.3 Å². The van der Waals surface area contributed by atoms with Crippen molar-refractivity contribution in [2.75, 3.05) is 19.7 Å². The summed E-state index contributed by atoms with van der Waals surface area (Å²) in [5.74, 6) is -0.0368. The molecule has 234 valence electrons. The van der Waals surface area contributed by atoms with E-state index < -0.39 is 31.0 Å². The van der Waals surface area contributed by atoms with E-state index in [2.05, 4.69) is 13.8 Å². The lowest BCUT2D eigenvalue weighted by molar-refractivity contribution is -0.140. The average Bonchev–Trinajstić information content (AvgIpc) is 2.94. The lowest BCUT2D eigenvalue weighted by Crippen LogP contribution is -2.50. The van der Waals surface area contributed by atoms with Gasteiger partial charge in [-0.3, -0.25) is 4.79 Å². The summed E-state index contributed by atoms with van der Waals surface area (Å²) in [6, 6.07) is 0. The van der Waals surface area contributed by atoms with E-state index in [1.54, 1.807) is 4.90 Å². The third-order valence-electron chi connectivity index (χ3n) is 7.86. The minimum atomic E-state index is -1.68. The third-order valence-corrected chi connectivity index (χ3v) is 7.86. The molecule has 0 saturated carbocycles. The lowest BCUT2D eigenvalue weighted by atomic mass is 10.0. The highest BCUT2D eigenvalue weighted by atomic mass is 16.4. The molecule has 0 unspecified atom stereocenters. The first-order valence-corrected chi connectivity index (χ1v) is 16.5. The highest BCUT2D eigenvalue weighted by Gasteiger charge is 2.31. The Morgan fingerprint density at radius 1 is 0.538 bits per heavy atom. The van der Waals surface area contributed by atoms with Crippen LogP contribution < -0.4 is 0 Å². The maximum atomic E-state index is 13.0. The second-order valence-electron chi connectivity index (χ2n) is 11.6. The zero-order valence-electron chi connectivity index (χ0n) is 25.6. The number of carbonyl (C=O) groups excluding carboxylic acids is 1. The molecule has 0 radical (unpaired) electrons. The van der Waals surface area contributed by atoms with Gasteiger partial charge in [0.15, 0.2) is 0 Å². The molecule has 0 spiro atoms. The van der Waals surface area contributed by atoms with Crippen LogP contribution >= 0.6 is 0 Å². The van der Waals surface area contributed by atoms with Crippen molar-refractivity contribution in [2.45, 2.75) is 180 Å². The van der Waals surface area contributed by atoms with Gasteiger partial charge in [-0.15, -0.1) is 0 Å². The number of unbranched alkanes of at least 4 members (excludes halogenated alkanes) is 19. The Kier molecular flexibility index (Phi) is 26.9. The molecule has 0 heterocycles. The van der Waals surface area contributed by atoms with Gasteiger partial charge >= 0.3 is 0 Å². The Hall–Kier alpha value is -0.730. The maximum Gasteiger partial charge on any atom is 0.222 e. The van der Waals surface area contributed by atoms with Crippen LogP contribution in [-0.4, -0.2) is 80.5 Å². The van der Waals surface area contributed by atoms with E-state index in [-0.39, 0.29) is 12.5 Å². The first kappa shape index (κ1) is 38.3. The number of rotatable bonds is 29. The van der Waals surface area contributed by atoms with Crippen molar-refractivity contribution in [3.05, 3.63) is 0 Å². The molecule has 0 aliphatic carbocycles. The molecule has 0 rings (SSSR count). The normalized spacial score (nSPS) is 14.7. The van der Waals surface area contributed by atoms with Crippen molar-refractivity contribution in [3.8, 4) is 0 Å². The summed E-state index contributed by atoms with van der Waals surface area (Å²) >= 11 is 0. The Bertz CT molecular complexity index is 535. The molecule has 0 aliphatic rings. The molecule has 1 amide bonds. The second-order valence-corrected chi connectivity index (χ2v) is 11.6. The van der Waals surface area contributed by atoms with Crippen LogP contribution in [0.5, 0.6) is 0 Å². The molecule has 5 N–H and O–H groups in total. The minimum Gasteiger partial charge on any atom is -0.394 e. The van der Waals surface area contributed by atoms with Crippen LogP contribution in [0.15, 0.2) is 0 Å². The number of hydrogen-bond acceptors (Lipinski definition) is 6. The zero-order chi connectivity index (χ0) is 29.1. The molecule has 39 heavy (non-hydrogen) atoms. The third kappa shape index (κ3) is 21.7. The number of aliphatic hydroxyl groups excluding tert-OH is 5. The van der Waals surface area contributed by atoms with Crippen molar-refractivity contribution in [1.29, 1.82) is 0 Å². The Morgan fingerprint density at radius 3 is 1.31 bits per heavy atom. The fourth-order valence-electron chi connectivity index (χ4n) is 5.10. The Balaban J connectivity index is 4.42. The molecule has 4 atom stereocenters. The van der Waals surface area contributed by atoms with Crippen molar-refractivity contribution >= 4 is 5.91 Å². The van der Waals surface area contributed by atoms with Crippen molar-refractivity contribution in [2.24, 2.45) is 0 Å². The highest BCUT2D eigenvalue weighted by Crippen LogP contribution is 2.15. The topological polar surface area (TPSA) is 121 Å². The first-order valence-electron chi connectivity index (χ1n) is 16.5. The monoisotopic (exact) mass is 559 g/mol. The summed E-state index contributed by atoms with van der Waals surface area (Å²) in [5, 5.41) is 49.3. The zero-order valence-corrected chi connectivity index (χ0v) is 25.6. The number of nitrogens with zero attached hydrogens (tertiary/aromatic N) is 1. The number of aliphatic hydroxyl groups is 5. The summed E-state index contributed by atoms with van der Waals surface area (Å²) in [6.45, 7) is 4.17. The van der Waals surface area contributed by atoms with Crippen molar-refractivity contribution in [1.82, 2.24) is 4.90 Å². The van der Waals surface area contributed by atoms with Gasteiger partial charge in [-0.2, -0.15) is 0 Å². The van der Waals surface area contributed by atoms with Gasteiger partial charge in [0, 0.05) is 19.5 Å². The van der Waals surface area contributed by atoms with Gasteiger partial charge in [0.05, 0.1) is 6.61 Å². The molecular formula is C32H65NO6. The van der Waals surface area contributed by atoms with Gasteiger partial charge in [0.25, 0.3) is 0 Å². The molecule has 0 fully saturated rings. The molecule has 0 bridgehead atoms. The summed E-state index contributed by atoms with van der Waals surface area (Å²) in [7, 11) is 0. The molecule has 0 aromatic rings. The lowest BCUT2D eigenvalue weighted by Gasteiger charge is -2.30. The van der Waals surface area contributed by atoms with E-state index >= 15 is 0 Å². The SMILES string of the molecule is CCCCCCCCCCCCCC(=O)N(CCCCCCCCCCCC)C[C@H](O)[C@@H](O)[C@H](O)[C@H](O)CO. The average molecular weight is 560 g/mol. The smallest absolute Gasteiger partial charge is 0.222 e. The van der Waals surface area contributed by atoms with Crippen LogP contribution in [0, 0.1) is 0 Å². The van der Waals surface area contributed by atoms with Crippen LogP contribution in [0.2, 0.25) is 0 Å².